The first-order chi connectivity index (χ1) is 13.8. The number of ether oxygens (including phenoxy) is 1. The van der Waals surface area contributed by atoms with Gasteiger partial charge in [-0.25, -0.2) is 9.29 Å². The Kier molecular flexibility index (Phi) is 6.43. The molecule has 3 rings (SSSR count). The zero-order chi connectivity index (χ0) is 21.3. The fourth-order valence-corrected chi connectivity index (χ4v) is 4.43. The Hall–Kier alpha value is -2.19. The van der Waals surface area contributed by atoms with E-state index in [1.807, 2.05) is 0 Å². The fraction of sp³-hybridized carbons (Fsp3) is 0.400. The average molecular weight is 440 g/mol. The maximum Gasteiger partial charge on any atom is 0.319 e. The molecular formula is C20H19ClFNO5S. The third-order valence-electron chi connectivity index (χ3n) is 4.79. The van der Waals surface area contributed by atoms with Crippen LogP contribution >= 0.6 is 23.4 Å². The first-order valence-corrected chi connectivity index (χ1v) is 10.5. The molecule has 1 aromatic rings. The molecule has 2 aliphatic rings. The van der Waals surface area contributed by atoms with Crippen LogP contribution in [-0.2, 0) is 19.1 Å². The summed E-state index contributed by atoms with van der Waals surface area (Å²) in [6.45, 7) is 3.33. The van der Waals surface area contributed by atoms with Crippen LogP contribution in [0.4, 0.5) is 10.1 Å². The van der Waals surface area contributed by atoms with Crippen LogP contribution in [0.15, 0.2) is 23.3 Å². The van der Waals surface area contributed by atoms with Gasteiger partial charge in [0.2, 0.25) is 5.12 Å². The summed E-state index contributed by atoms with van der Waals surface area (Å²) in [6, 6.07) is 2.00. The smallest absolute Gasteiger partial charge is 0.319 e. The number of imide groups is 1. The van der Waals surface area contributed by atoms with Crippen molar-refractivity contribution in [2.45, 2.75) is 44.8 Å². The van der Waals surface area contributed by atoms with Gasteiger partial charge in [0, 0.05) is 16.7 Å². The number of benzene rings is 1. The largest absolute Gasteiger partial charge is 0.465 e. The number of thioether (sulfide) groups is 1. The van der Waals surface area contributed by atoms with Crippen LogP contribution in [0.5, 0.6) is 0 Å². The minimum Gasteiger partial charge on any atom is -0.465 e. The van der Waals surface area contributed by atoms with E-state index in [9.17, 15) is 23.6 Å². The molecule has 0 spiro atoms. The lowest BCUT2D eigenvalue weighted by Crippen LogP contribution is -2.32. The van der Waals surface area contributed by atoms with Crippen molar-refractivity contribution < 1.29 is 28.3 Å². The Balaban J connectivity index is 1.91. The van der Waals surface area contributed by atoms with E-state index in [2.05, 4.69) is 0 Å². The first-order valence-electron chi connectivity index (χ1n) is 9.23. The van der Waals surface area contributed by atoms with Gasteiger partial charge in [-0.05, 0) is 51.7 Å². The lowest BCUT2D eigenvalue weighted by atomic mass is 9.93. The summed E-state index contributed by atoms with van der Waals surface area (Å²) in [4.78, 5) is 50.6. The number of amides is 2. The second-order valence-electron chi connectivity index (χ2n) is 6.69. The van der Waals surface area contributed by atoms with Gasteiger partial charge in [-0.1, -0.05) is 23.4 Å². The Morgan fingerprint density at radius 3 is 2.34 bits per heavy atom. The molecule has 0 radical (unpaired) electrons. The van der Waals surface area contributed by atoms with Gasteiger partial charge in [-0.3, -0.25) is 19.2 Å². The predicted octanol–water partition coefficient (Wildman–Crippen LogP) is 4.05. The van der Waals surface area contributed by atoms with Crippen molar-refractivity contribution in [3.05, 3.63) is 39.7 Å². The quantitative estimate of drug-likeness (QED) is 0.508. The molecule has 9 heteroatoms. The van der Waals surface area contributed by atoms with Crippen LogP contribution in [0.1, 0.15) is 49.9 Å². The lowest BCUT2D eigenvalue weighted by molar-refractivity contribution is -0.142. The molecule has 2 amide bonds. The number of anilines is 1. The molecule has 0 saturated heterocycles. The van der Waals surface area contributed by atoms with Gasteiger partial charge in [0.15, 0.2) is 0 Å². The van der Waals surface area contributed by atoms with E-state index in [0.717, 1.165) is 29.9 Å². The van der Waals surface area contributed by atoms with Crippen LogP contribution in [-0.4, -0.2) is 34.8 Å². The number of carbonyl (C=O) groups is 4. The van der Waals surface area contributed by atoms with Crippen molar-refractivity contribution in [3.63, 3.8) is 0 Å². The van der Waals surface area contributed by atoms with Crippen LogP contribution < -0.4 is 4.90 Å². The third kappa shape index (κ3) is 4.09. The van der Waals surface area contributed by atoms with E-state index in [1.165, 1.54) is 6.92 Å². The molecule has 29 heavy (non-hydrogen) atoms. The number of halogens is 2. The topological polar surface area (TPSA) is 80.8 Å². The maximum absolute atomic E-state index is 14.6. The van der Waals surface area contributed by atoms with E-state index < -0.39 is 34.0 Å². The first kappa shape index (κ1) is 21.5. The van der Waals surface area contributed by atoms with Crippen molar-refractivity contribution >= 4 is 51.9 Å². The van der Waals surface area contributed by atoms with Crippen molar-refractivity contribution in [2.24, 2.45) is 0 Å². The predicted molar refractivity (Wildman–Crippen MR) is 107 cm³/mol. The molecule has 1 aliphatic heterocycles. The summed E-state index contributed by atoms with van der Waals surface area (Å²) in [5, 5.41) is -1.55. The van der Waals surface area contributed by atoms with E-state index >= 15 is 0 Å². The molecule has 1 atom stereocenters. The van der Waals surface area contributed by atoms with Crippen LogP contribution in [0, 0.1) is 5.82 Å². The Labute approximate surface area is 176 Å². The summed E-state index contributed by atoms with van der Waals surface area (Å²) in [6.07, 6.45) is 2.54. The zero-order valence-corrected chi connectivity index (χ0v) is 17.5. The molecule has 1 unspecified atom stereocenters. The number of hydrogen-bond acceptors (Lipinski definition) is 6. The van der Waals surface area contributed by atoms with Gasteiger partial charge < -0.3 is 4.74 Å². The van der Waals surface area contributed by atoms with E-state index in [1.54, 1.807) is 6.92 Å². The van der Waals surface area contributed by atoms with Gasteiger partial charge in [0.25, 0.3) is 11.8 Å². The molecule has 1 aromatic carbocycles. The Morgan fingerprint density at radius 2 is 1.79 bits per heavy atom. The maximum atomic E-state index is 14.6. The average Bonchev–Trinajstić information content (AvgIpc) is 2.93. The summed E-state index contributed by atoms with van der Waals surface area (Å²) in [7, 11) is 0. The van der Waals surface area contributed by atoms with Crippen LogP contribution in [0.3, 0.4) is 0 Å². The minimum atomic E-state index is -0.878. The summed E-state index contributed by atoms with van der Waals surface area (Å²) in [5.41, 5.74) is 0.420. The van der Waals surface area contributed by atoms with Gasteiger partial charge >= 0.3 is 5.97 Å². The SMILES string of the molecule is CCOC(=O)C(C)SC(=O)c1cc(N2C(=O)C3=C(CCCC3)C2=O)c(F)cc1Cl. The van der Waals surface area contributed by atoms with E-state index in [-0.39, 0.29) is 22.9 Å². The second-order valence-corrected chi connectivity index (χ2v) is 8.41. The molecule has 0 bridgehead atoms. The van der Waals surface area contributed by atoms with Crippen LogP contribution in [0.25, 0.3) is 0 Å². The summed E-state index contributed by atoms with van der Waals surface area (Å²) in [5.74, 6) is -2.56. The van der Waals surface area contributed by atoms with Crippen LogP contribution in [0.2, 0.25) is 5.02 Å². The number of hydrogen-bond donors (Lipinski definition) is 0. The number of esters is 1. The molecule has 154 valence electrons. The van der Waals surface area contributed by atoms with Gasteiger partial charge in [-0.2, -0.15) is 0 Å². The van der Waals surface area contributed by atoms with Crippen molar-refractivity contribution in [1.82, 2.24) is 0 Å². The molecule has 1 aliphatic carbocycles. The Morgan fingerprint density at radius 1 is 1.21 bits per heavy atom. The number of nitrogens with zero attached hydrogens (tertiary/aromatic N) is 1. The molecule has 0 N–H and O–H groups in total. The molecule has 0 saturated carbocycles. The normalized spacial score (nSPS) is 17.4. The van der Waals surface area contributed by atoms with E-state index in [0.29, 0.717) is 35.7 Å². The highest BCUT2D eigenvalue weighted by atomic mass is 35.5. The van der Waals surface area contributed by atoms with Crippen molar-refractivity contribution in [2.75, 3.05) is 11.5 Å². The van der Waals surface area contributed by atoms with E-state index in [4.69, 9.17) is 16.3 Å². The highest BCUT2D eigenvalue weighted by Crippen LogP contribution is 2.38. The molecule has 0 fully saturated rings. The molecular weight excluding hydrogens is 421 g/mol. The highest BCUT2D eigenvalue weighted by Gasteiger charge is 2.41. The Bertz CT molecular complexity index is 917. The van der Waals surface area contributed by atoms with Crippen molar-refractivity contribution in [1.29, 1.82) is 0 Å². The standard InChI is InChI=1S/C20H19ClFNO5S/c1-3-28-19(26)10(2)29-20(27)13-8-16(15(22)9-14(13)21)23-17(24)11-6-4-5-7-12(11)18(23)25/h8-10H,3-7H2,1-2H3. The third-order valence-corrected chi connectivity index (χ3v) is 6.08. The number of rotatable bonds is 5. The van der Waals surface area contributed by atoms with Gasteiger partial charge in [0.1, 0.15) is 11.1 Å². The lowest BCUT2D eigenvalue weighted by Gasteiger charge is -2.18. The van der Waals surface area contributed by atoms with Crippen molar-refractivity contribution in [3.8, 4) is 0 Å². The summed E-state index contributed by atoms with van der Waals surface area (Å²) < 4.78 is 19.5. The molecule has 1 heterocycles. The van der Waals surface area contributed by atoms with Gasteiger partial charge in [0.05, 0.1) is 17.3 Å². The molecule has 0 aromatic heterocycles. The monoisotopic (exact) mass is 439 g/mol. The summed E-state index contributed by atoms with van der Waals surface area (Å²) >= 11 is 6.71. The second kappa shape index (κ2) is 8.67. The minimum absolute atomic E-state index is 0.0883. The van der Waals surface area contributed by atoms with Gasteiger partial charge in [-0.15, -0.1) is 0 Å². The number of carbonyl (C=O) groups excluding carboxylic acids is 4. The molecule has 6 nitrogen and oxygen atoms in total. The highest BCUT2D eigenvalue weighted by molar-refractivity contribution is 8.15. The zero-order valence-electron chi connectivity index (χ0n) is 15.9. The fourth-order valence-electron chi connectivity index (χ4n) is 3.36.